The predicted octanol–water partition coefficient (Wildman–Crippen LogP) is 0.253. The lowest BCUT2D eigenvalue weighted by Gasteiger charge is -2.46. The molecule has 0 aliphatic carbocycles. The fourth-order valence-corrected chi connectivity index (χ4v) is 3.34. The van der Waals surface area contributed by atoms with Crippen LogP contribution in [0.4, 0.5) is 0 Å². The van der Waals surface area contributed by atoms with Crippen molar-refractivity contribution < 1.29 is 14.7 Å². The normalized spacial score (nSPS) is 20.9. The van der Waals surface area contributed by atoms with Gasteiger partial charge in [0, 0.05) is 30.2 Å². The van der Waals surface area contributed by atoms with Crippen LogP contribution >= 0.6 is 0 Å². The van der Waals surface area contributed by atoms with E-state index in [0.717, 1.165) is 12.8 Å². The maximum Gasteiger partial charge on any atom is 0.311 e. The summed E-state index contributed by atoms with van der Waals surface area (Å²) >= 11 is 0. The van der Waals surface area contributed by atoms with E-state index in [1.54, 1.807) is 6.92 Å². The number of aliphatic hydroxyl groups excluding tert-OH is 1. The molecule has 1 heterocycles. The van der Waals surface area contributed by atoms with E-state index >= 15 is 0 Å². The van der Waals surface area contributed by atoms with Crippen molar-refractivity contribution in [2.24, 2.45) is 0 Å². The fraction of sp³-hybridized carbons (Fsp3) is 0.867. The van der Waals surface area contributed by atoms with Gasteiger partial charge in [-0.2, -0.15) is 0 Å². The van der Waals surface area contributed by atoms with Gasteiger partial charge in [0.25, 0.3) is 0 Å². The van der Waals surface area contributed by atoms with Gasteiger partial charge in [-0.1, -0.05) is 0 Å². The van der Waals surface area contributed by atoms with Gasteiger partial charge in [0.05, 0.1) is 6.61 Å². The molecule has 0 saturated carbocycles. The number of hydrogen-bond donors (Lipinski definition) is 3. The van der Waals surface area contributed by atoms with Crippen LogP contribution in [-0.4, -0.2) is 58.6 Å². The lowest BCUT2D eigenvalue weighted by atomic mass is 9.79. The molecule has 21 heavy (non-hydrogen) atoms. The van der Waals surface area contributed by atoms with Crippen LogP contribution in [0.2, 0.25) is 0 Å². The second-order valence-electron chi connectivity index (χ2n) is 7.08. The number of nitrogens with one attached hydrogen (secondary N) is 2. The first-order valence-corrected chi connectivity index (χ1v) is 7.60. The molecule has 6 heteroatoms. The van der Waals surface area contributed by atoms with Crippen LogP contribution in [0.3, 0.4) is 0 Å². The maximum absolute atomic E-state index is 12.1. The molecule has 122 valence electrons. The van der Waals surface area contributed by atoms with Gasteiger partial charge in [-0.15, -0.1) is 0 Å². The highest BCUT2D eigenvalue weighted by molar-refractivity contribution is 6.35. The number of carbonyl (C=O) groups excluding carboxylic acids is 2. The number of nitrogens with zero attached hydrogens (tertiary/aromatic N) is 1. The molecule has 1 rings (SSSR count). The van der Waals surface area contributed by atoms with Crippen LogP contribution in [-0.2, 0) is 9.59 Å². The predicted molar refractivity (Wildman–Crippen MR) is 81.8 cm³/mol. The summed E-state index contributed by atoms with van der Waals surface area (Å²) < 4.78 is 0. The maximum atomic E-state index is 12.1. The van der Waals surface area contributed by atoms with Crippen LogP contribution in [0.5, 0.6) is 0 Å². The lowest BCUT2D eigenvalue weighted by molar-refractivity contribution is -0.146. The molecule has 1 aliphatic rings. The lowest BCUT2D eigenvalue weighted by Crippen LogP contribution is -2.63. The minimum atomic E-state index is -0.580. The summed E-state index contributed by atoms with van der Waals surface area (Å²) in [5.41, 5.74) is -0.170. The first-order valence-electron chi connectivity index (χ1n) is 7.60. The average molecular weight is 299 g/mol. The Balaban J connectivity index is 2.67. The van der Waals surface area contributed by atoms with E-state index in [1.165, 1.54) is 4.90 Å². The van der Waals surface area contributed by atoms with Gasteiger partial charge in [0.15, 0.2) is 0 Å². The Kier molecular flexibility index (Phi) is 5.75. The number of hydrogen-bond acceptors (Lipinski definition) is 4. The van der Waals surface area contributed by atoms with Crippen LogP contribution < -0.4 is 10.6 Å². The van der Waals surface area contributed by atoms with Gasteiger partial charge >= 0.3 is 11.8 Å². The van der Waals surface area contributed by atoms with Crippen molar-refractivity contribution >= 4 is 11.8 Å². The highest BCUT2D eigenvalue weighted by Gasteiger charge is 2.38. The third kappa shape index (κ3) is 5.28. The van der Waals surface area contributed by atoms with Crippen LogP contribution in [0, 0.1) is 0 Å². The molecule has 0 aromatic heterocycles. The van der Waals surface area contributed by atoms with E-state index in [9.17, 15) is 9.59 Å². The molecule has 0 aromatic rings. The van der Waals surface area contributed by atoms with Crippen LogP contribution in [0.15, 0.2) is 0 Å². The molecule has 0 unspecified atom stereocenters. The molecule has 0 bridgehead atoms. The third-order valence-electron chi connectivity index (χ3n) is 3.76. The molecular weight excluding hydrogens is 270 g/mol. The van der Waals surface area contributed by atoms with Gasteiger partial charge in [0.2, 0.25) is 0 Å². The van der Waals surface area contributed by atoms with Crippen molar-refractivity contribution in [2.45, 2.75) is 64.6 Å². The van der Waals surface area contributed by atoms with E-state index < -0.39 is 11.8 Å². The number of carbonyl (C=O) groups is 2. The van der Waals surface area contributed by atoms with Gasteiger partial charge in [0.1, 0.15) is 0 Å². The van der Waals surface area contributed by atoms with Gasteiger partial charge in [-0.05, 0) is 47.5 Å². The zero-order valence-corrected chi connectivity index (χ0v) is 13.8. The first kappa shape index (κ1) is 17.9. The number of likely N-dealkylation sites (N-methyl/N-ethyl adjacent to an activating group) is 1. The molecule has 6 nitrogen and oxygen atoms in total. The van der Waals surface area contributed by atoms with E-state index in [4.69, 9.17) is 5.11 Å². The minimum absolute atomic E-state index is 0.0273. The number of amides is 2. The van der Waals surface area contributed by atoms with Crippen molar-refractivity contribution in [3.05, 3.63) is 0 Å². The Morgan fingerprint density at radius 3 is 2.19 bits per heavy atom. The number of rotatable bonds is 4. The van der Waals surface area contributed by atoms with Crippen LogP contribution in [0.25, 0.3) is 0 Å². The van der Waals surface area contributed by atoms with Crippen molar-refractivity contribution in [1.82, 2.24) is 15.5 Å². The number of aliphatic hydroxyl groups is 1. The summed E-state index contributed by atoms with van der Waals surface area (Å²) in [6.07, 6.45) is 1.56. The molecular formula is C15H29N3O3. The van der Waals surface area contributed by atoms with Crippen LogP contribution in [0.1, 0.15) is 47.5 Å². The van der Waals surface area contributed by atoms with Crippen molar-refractivity contribution in [1.29, 1.82) is 0 Å². The molecule has 1 aliphatic heterocycles. The highest BCUT2D eigenvalue weighted by atomic mass is 16.3. The summed E-state index contributed by atoms with van der Waals surface area (Å²) in [4.78, 5) is 25.5. The summed E-state index contributed by atoms with van der Waals surface area (Å²) in [5.74, 6) is -1.15. The Morgan fingerprint density at radius 1 is 1.24 bits per heavy atom. The van der Waals surface area contributed by atoms with Gasteiger partial charge < -0.3 is 20.6 Å². The molecule has 0 atom stereocenters. The Hall–Kier alpha value is -1.14. The molecule has 1 fully saturated rings. The Labute approximate surface area is 127 Å². The van der Waals surface area contributed by atoms with E-state index in [-0.39, 0.29) is 30.3 Å². The van der Waals surface area contributed by atoms with Gasteiger partial charge in [-0.25, -0.2) is 0 Å². The van der Waals surface area contributed by atoms with Gasteiger partial charge in [-0.3, -0.25) is 9.59 Å². The first-order chi connectivity index (χ1) is 9.60. The molecule has 1 saturated heterocycles. The Morgan fingerprint density at radius 2 is 1.76 bits per heavy atom. The van der Waals surface area contributed by atoms with Crippen molar-refractivity contribution in [3.63, 3.8) is 0 Å². The zero-order valence-electron chi connectivity index (χ0n) is 13.8. The second kappa shape index (κ2) is 6.75. The van der Waals surface area contributed by atoms with Crippen molar-refractivity contribution in [3.8, 4) is 0 Å². The van der Waals surface area contributed by atoms with E-state index in [1.807, 2.05) is 0 Å². The monoisotopic (exact) mass is 299 g/mol. The third-order valence-corrected chi connectivity index (χ3v) is 3.76. The molecule has 0 radical (unpaired) electrons. The van der Waals surface area contributed by atoms with E-state index in [0.29, 0.717) is 6.54 Å². The standard InChI is InChI=1S/C15H29N3O3/c1-6-18(7-8-19)13(21)12(20)16-11-9-14(2,3)17-15(4,5)10-11/h11,17,19H,6-10H2,1-5H3,(H,16,20). The molecule has 2 amide bonds. The average Bonchev–Trinajstić information content (AvgIpc) is 2.30. The van der Waals surface area contributed by atoms with E-state index in [2.05, 4.69) is 38.3 Å². The zero-order chi connectivity index (χ0) is 16.3. The summed E-state index contributed by atoms with van der Waals surface area (Å²) in [7, 11) is 0. The summed E-state index contributed by atoms with van der Waals surface area (Å²) in [5, 5.41) is 15.3. The molecule has 0 spiro atoms. The highest BCUT2D eigenvalue weighted by Crippen LogP contribution is 2.28. The topological polar surface area (TPSA) is 81.7 Å². The van der Waals surface area contributed by atoms with Crippen molar-refractivity contribution in [2.75, 3.05) is 19.7 Å². The molecule has 0 aromatic carbocycles. The molecule has 3 N–H and O–H groups in total. The second-order valence-corrected chi connectivity index (χ2v) is 7.08. The Bertz CT molecular complexity index is 378. The summed E-state index contributed by atoms with van der Waals surface area (Å²) in [6.45, 7) is 10.6. The summed E-state index contributed by atoms with van der Waals surface area (Å²) in [6, 6.07) is -0.0273. The smallest absolute Gasteiger partial charge is 0.311 e. The minimum Gasteiger partial charge on any atom is -0.395 e. The quantitative estimate of drug-likeness (QED) is 0.650. The number of piperidine rings is 1. The largest absolute Gasteiger partial charge is 0.395 e. The SMILES string of the molecule is CCN(CCO)C(=O)C(=O)NC1CC(C)(C)NC(C)(C)C1. The fourth-order valence-electron chi connectivity index (χ4n) is 3.34.